The molecule has 1 aromatic rings. The van der Waals surface area contributed by atoms with Gasteiger partial charge in [-0.2, -0.15) is 5.26 Å². The van der Waals surface area contributed by atoms with Crippen molar-refractivity contribution in [3.05, 3.63) is 27.7 Å². The van der Waals surface area contributed by atoms with Crippen LogP contribution in [0.5, 0.6) is 5.75 Å². The van der Waals surface area contributed by atoms with E-state index < -0.39 is 0 Å². The van der Waals surface area contributed by atoms with Gasteiger partial charge in [-0.05, 0) is 35.0 Å². The molecule has 0 radical (unpaired) electrons. The maximum absolute atomic E-state index is 11.0. The average Bonchev–Trinajstić information content (AvgIpc) is 2.09. The number of halogens is 1. The Morgan fingerprint density at radius 2 is 2.23 bits per heavy atom. The zero-order chi connectivity index (χ0) is 10.0. The van der Waals surface area contributed by atoms with Crippen LogP contribution in [0.4, 0.5) is 0 Å². The molecule has 0 aliphatic heterocycles. The van der Waals surface area contributed by atoms with Gasteiger partial charge in [0.05, 0.1) is 16.1 Å². The van der Waals surface area contributed by atoms with Crippen molar-refractivity contribution < 1.29 is 9.90 Å². The normalized spacial score (nSPS) is 9.31. The topological polar surface area (TPSA) is 61.1 Å². The van der Waals surface area contributed by atoms with Gasteiger partial charge < -0.3 is 5.11 Å². The molecule has 0 aromatic heterocycles. The summed E-state index contributed by atoms with van der Waals surface area (Å²) in [5, 5.41) is 17.9. The third kappa shape index (κ3) is 1.87. The summed E-state index contributed by atoms with van der Waals surface area (Å²) >= 11 is 3.06. The summed E-state index contributed by atoms with van der Waals surface area (Å²) < 4.78 is 0.332. The molecule has 4 heteroatoms. The molecule has 1 aromatic carbocycles. The summed E-state index contributed by atoms with van der Waals surface area (Å²) in [4.78, 5) is 11.0. The van der Waals surface area contributed by atoms with E-state index in [-0.39, 0.29) is 17.1 Å². The van der Waals surface area contributed by atoms with Crippen LogP contribution in [-0.2, 0) is 0 Å². The van der Waals surface area contributed by atoms with Gasteiger partial charge >= 0.3 is 0 Å². The minimum Gasteiger partial charge on any atom is -0.507 e. The van der Waals surface area contributed by atoms with E-state index in [0.29, 0.717) is 10.0 Å². The third-order valence-corrected chi connectivity index (χ3v) is 2.40. The van der Waals surface area contributed by atoms with E-state index in [2.05, 4.69) is 15.9 Å². The minimum absolute atomic E-state index is 0.0933. The van der Waals surface area contributed by atoms with Crippen LogP contribution in [0.3, 0.4) is 0 Å². The first-order valence-corrected chi connectivity index (χ1v) is 4.29. The van der Waals surface area contributed by atoms with Crippen molar-refractivity contribution in [1.29, 1.82) is 5.26 Å². The highest BCUT2D eigenvalue weighted by Crippen LogP contribution is 2.29. The molecule has 66 valence electrons. The van der Waals surface area contributed by atoms with Gasteiger partial charge in [-0.1, -0.05) is 0 Å². The highest BCUT2D eigenvalue weighted by atomic mass is 79.9. The summed E-state index contributed by atoms with van der Waals surface area (Å²) in [6.45, 7) is 1.38. The fourth-order valence-corrected chi connectivity index (χ4v) is 1.44. The molecular formula is C9H6BrNO2. The number of nitrogens with zero attached hydrogens (tertiary/aromatic N) is 1. The Kier molecular flexibility index (Phi) is 2.69. The number of hydrogen-bond donors (Lipinski definition) is 1. The van der Waals surface area contributed by atoms with E-state index in [4.69, 9.17) is 5.26 Å². The molecule has 0 atom stereocenters. The van der Waals surface area contributed by atoms with Gasteiger partial charge in [-0.15, -0.1) is 0 Å². The Morgan fingerprint density at radius 3 is 2.69 bits per heavy atom. The van der Waals surface area contributed by atoms with Gasteiger partial charge in [-0.25, -0.2) is 0 Å². The average molecular weight is 240 g/mol. The third-order valence-electron chi connectivity index (χ3n) is 1.56. The maximum atomic E-state index is 11.0. The fraction of sp³-hybridized carbons (Fsp3) is 0.111. The lowest BCUT2D eigenvalue weighted by molar-refractivity contribution is 0.101. The summed E-state index contributed by atoms with van der Waals surface area (Å²) in [5.74, 6) is -0.288. The van der Waals surface area contributed by atoms with Crippen molar-refractivity contribution in [3.63, 3.8) is 0 Å². The van der Waals surface area contributed by atoms with Crippen LogP contribution >= 0.6 is 15.9 Å². The van der Waals surface area contributed by atoms with Crippen LogP contribution in [0.2, 0.25) is 0 Å². The second-order valence-electron chi connectivity index (χ2n) is 2.52. The number of benzene rings is 1. The smallest absolute Gasteiger partial charge is 0.161 e. The second kappa shape index (κ2) is 3.58. The van der Waals surface area contributed by atoms with E-state index in [9.17, 15) is 9.90 Å². The first kappa shape index (κ1) is 9.75. The predicted molar refractivity (Wildman–Crippen MR) is 50.5 cm³/mol. The highest BCUT2D eigenvalue weighted by molar-refractivity contribution is 9.10. The van der Waals surface area contributed by atoms with Crippen molar-refractivity contribution in [2.24, 2.45) is 0 Å². The Morgan fingerprint density at radius 1 is 1.62 bits per heavy atom. The number of phenols is 1. The number of nitriles is 1. The molecule has 0 saturated heterocycles. The van der Waals surface area contributed by atoms with Crippen molar-refractivity contribution in [2.75, 3.05) is 0 Å². The number of aromatic hydroxyl groups is 1. The Hall–Kier alpha value is -1.34. The summed E-state index contributed by atoms with van der Waals surface area (Å²) in [6, 6.07) is 4.60. The van der Waals surface area contributed by atoms with Crippen LogP contribution < -0.4 is 0 Å². The molecule has 0 aliphatic carbocycles. The van der Waals surface area contributed by atoms with Gasteiger partial charge in [-0.3, -0.25) is 4.79 Å². The van der Waals surface area contributed by atoms with Gasteiger partial charge in [0.15, 0.2) is 5.78 Å². The monoisotopic (exact) mass is 239 g/mol. The Bertz CT molecular complexity index is 407. The van der Waals surface area contributed by atoms with Gasteiger partial charge in [0.2, 0.25) is 0 Å². The number of carbonyl (C=O) groups is 1. The number of phenolic OH excluding ortho intramolecular Hbond substituents is 1. The zero-order valence-corrected chi connectivity index (χ0v) is 8.42. The van der Waals surface area contributed by atoms with Crippen LogP contribution in [-0.4, -0.2) is 10.9 Å². The van der Waals surface area contributed by atoms with Gasteiger partial charge in [0.25, 0.3) is 0 Å². The first-order chi connectivity index (χ1) is 6.06. The SMILES string of the molecule is CC(=O)c1cc(C#N)cc(O)c1Br. The van der Waals surface area contributed by atoms with E-state index in [0.717, 1.165) is 0 Å². The molecule has 0 amide bonds. The molecule has 0 heterocycles. The number of rotatable bonds is 1. The standard InChI is InChI=1S/C9H6BrNO2/c1-5(12)7-2-6(4-11)3-8(13)9(7)10/h2-3,13H,1H3. The quantitative estimate of drug-likeness (QED) is 0.765. The highest BCUT2D eigenvalue weighted by Gasteiger charge is 2.10. The molecule has 0 spiro atoms. The van der Waals surface area contributed by atoms with Gasteiger partial charge in [0.1, 0.15) is 5.75 Å². The zero-order valence-electron chi connectivity index (χ0n) is 6.84. The molecular weight excluding hydrogens is 234 g/mol. The van der Waals surface area contributed by atoms with E-state index >= 15 is 0 Å². The number of hydrogen-bond acceptors (Lipinski definition) is 3. The molecule has 0 fully saturated rings. The molecule has 0 bridgehead atoms. The first-order valence-electron chi connectivity index (χ1n) is 3.50. The molecule has 0 saturated carbocycles. The molecule has 3 nitrogen and oxygen atoms in total. The Labute approximate surface area is 83.7 Å². The van der Waals surface area contributed by atoms with E-state index in [1.807, 2.05) is 6.07 Å². The molecule has 1 N–H and O–H groups in total. The molecule has 0 unspecified atom stereocenters. The lowest BCUT2D eigenvalue weighted by atomic mass is 10.1. The van der Waals surface area contributed by atoms with E-state index in [1.54, 1.807) is 0 Å². The van der Waals surface area contributed by atoms with Crippen molar-refractivity contribution in [3.8, 4) is 11.8 Å². The van der Waals surface area contributed by atoms with Crippen molar-refractivity contribution in [1.82, 2.24) is 0 Å². The number of Topliss-reactive ketones (excluding diaryl/α,β-unsaturated/α-hetero) is 1. The largest absolute Gasteiger partial charge is 0.507 e. The van der Waals surface area contributed by atoms with Crippen molar-refractivity contribution in [2.45, 2.75) is 6.92 Å². The molecule has 13 heavy (non-hydrogen) atoms. The van der Waals surface area contributed by atoms with Crippen LogP contribution in [0, 0.1) is 11.3 Å². The van der Waals surface area contributed by atoms with E-state index in [1.165, 1.54) is 19.1 Å². The predicted octanol–water partition coefficient (Wildman–Crippen LogP) is 2.23. The summed E-state index contributed by atoms with van der Waals surface area (Å²) in [7, 11) is 0. The number of carbonyl (C=O) groups excluding carboxylic acids is 1. The summed E-state index contributed by atoms with van der Waals surface area (Å²) in [5.41, 5.74) is 0.586. The minimum atomic E-state index is -0.195. The lowest BCUT2D eigenvalue weighted by Crippen LogP contribution is -1.94. The molecule has 0 aliphatic rings. The fourth-order valence-electron chi connectivity index (χ4n) is 0.930. The van der Waals surface area contributed by atoms with Crippen molar-refractivity contribution >= 4 is 21.7 Å². The summed E-state index contributed by atoms with van der Waals surface area (Å²) in [6.07, 6.45) is 0. The Balaban J connectivity index is 3.44. The van der Waals surface area contributed by atoms with Gasteiger partial charge in [0, 0.05) is 5.56 Å². The van der Waals surface area contributed by atoms with Crippen LogP contribution in [0.15, 0.2) is 16.6 Å². The lowest BCUT2D eigenvalue weighted by Gasteiger charge is -2.02. The molecule has 1 rings (SSSR count). The maximum Gasteiger partial charge on any atom is 0.161 e. The second-order valence-corrected chi connectivity index (χ2v) is 3.32. The number of ketones is 1. The van der Waals surface area contributed by atoms with Crippen LogP contribution in [0.25, 0.3) is 0 Å². The van der Waals surface area contributed by atoms with Crippen LogP contribution in [0.1, 0.15) is 22.8 Å².